The molecule has 0 aliphatic heterocycles. The highest BCUT2D eigenvalue weighted by Crippen LogP contribution is 2.14. The average Bonchev–Trinajstić information content (AvgIpc) is 2.12. The zero-order chi connectivity index (χ0) is 13.2. The lowest BCUT2D eigenvalue weighted by Gasteiger charge is -2.23. The van der Waals surface area contributed by atoms with Gasteiger partial charge in [0.1, 0.15) is 0 Å². The fourth-order valence-corrected chi connectivity index (χ4v) is 2.20. The van der Waals surface area contributed by atoms with Gasteiger partial charge in [-0.1, -0.05) is 0 Å². The van der Waals surface area contributed by atoms with E-state index in [2.05, 4.69) is 4.72 Å². The SMILES string of the molecule is CC(CN)S(=O)(=O)NCC(C)(C)S(C)(=O)=O. The van der Waals surface area contributed by atoms with Gasteiger partial charge in [0.05, 0.1) is 10.00 Å². The van der Waals surface area contributed by atoms with Crippen molar-refractivity contribution >= 4 is 19.9 Å². The van der Waals surface area contributed by atoms with Crippen LogP contribution in [0.15, 0.2) is 0 Å². The summed E-state index contributed by atoms with van der Waals surface area (Å²) in [5.41, 5.74) is 5.25. The predicted octanol–water partition coefficient (Wildman–Crippen LogP) is -0.924. The van der Waals surface area contributed by atoms with Crippen LogP contribution in [0.3, 0.4) is 0 Å². The molecule has 16 heavy (non-hydrogen) atoms. The zero-order valence-electron chi connectivity index (χ0n) is 10.0. The van der Waals surface area contributed by atoms with Crippen LogP contribution in [-0.2, 0) is 19.9 Å². The van der Waals surface area contributed by atoms with Crippen molar-refractivity contribution in [2.75, 3.05) is 19.3 Å². The summed E-state index contributed by atoms with van der Waals surface area (Å²) in [6, 6.07) is 0. The Balaban J connectivity index is 4.72. The van der Waals surface area contributed by atoms with E-state index in [4.69, 9.17) is 5.73 Å². The summed E-state index contributed by atoms with van der Waals surface area (Å²) in [5, 5.41) is -0.733. The minimum Gasteiger partial charge on any atom is -0.329 e. The maximum Gasteiger partial charge on any atom is 0.215 e. The van der Waals surface area contributed by atoms with Gasteiger partial charge in [-0.25, -0.2) is 21.6 Å². The Morgan fingerprint density at radius 3 is 2.00 bits per heavy atom. The van der Waals surface area contributed by atoms with Gasteiger partial charge in [-0.3, -0.25) is 0 Å². The van der Waals surface area contributed by atoms with Crippen LogP contribution in [0.2, 0.25) is 0 Å². The van der Waals surface area contributed by atoms with Crippen LogP contribution in [-0.4, -0.2) is 46.2 Å². The molecule has 0 fully saturated rings. The summed E-state index contributed by atoms with van der Waals surface area (Å²) in [6.07, 6.45) is 1.08. The fraction of sp³-hybridized carbons (Fsp3) is 1.00. The molecular formula is C8H20N2O4S2. The molecule has 0 aromatic carbocycles. The van der Waals surface area contributed by atoms with Crippen LogP contribution in [0.5, 0.6) is 0 Å². The van der Waals surface area contributed by atoms with Gasteiger partial charge >= 0.3 is 0 Å². The van der Waals surface area contributed by atoms with Crippen LogP contribution >= 0.6 is 0 Å². The van der Waals surface area contributed by atoms with Gasteiger partial charge < -0.3 is 5.73 Å². The van der Waals surface area contributed by atoms with Gasteiger partial charge in [0.25, 0.3) is 0 Å². The molecule has 8 heteroatoms. The number of hydrogen-bond acceptors (Lipinski definition) is 5. The van der Waals surface area contributed by atoms with E-state index in [0.717, 1.165) is 6.26 Å². The summed E-state index contributed by atoms with van der Waals surface area (Å²) in [6.45, 7) is 4.25. The summed E-state index contributed by atoms with van der Waals surface area (Å²) >= 11 is 0. The second-order valence-electron chi connectivity index (χ2n) is 4.44. The molecule has 0 aromatic rings. The van der Waals surface area contributed by atoms with E-state index in [1.165, 1.54) is 20.8 Å². The van der Waals surface area contributed by atoms with E-state index in [1.54, 1.807) is 0 Å². The Bertz CT molecular complexity index is 425. The number of sulfonamides is 1. The molecule has 0 saturated carbocycles. The standard InChI is InChI=1S/C8H20N2O4S2/c1-7(5-9)16(13,14)10-6-8(2,3)15(4,11)12/h7,10H,5-6,9H2,1-4H3. The second kappa shape index (κ2) is 4.99. The molecule has 0 rings (SSSR count). The van der Waals surface area contributed by atoms with Crippen molar-refractivity contribution in [1.29, 1.82) is 0 Å². The van der Waals surface area contributed by atoms with Crippen LogP contribution in [0.25, 0.3) is 0 Å². The zero-order valence-corrected chi connectivity index (χ0v) is 11.7. The van der Waals surface area contributed by atoms with Crippen LogP contribution in [0.4, 0.5) is 0 Å². The molecule has 0 amide bonds. The first-order valence-electron chi connectivity index (χ1n) is 4.82. The van der Waals surface area contributed by atoms with E-state index < -0.39 is 29.9 Å². The predicted molar refractivity (Wildman–Crippen MR) is 64.4 cm³/mol. The highest BCUT2D eigenvalue weighted by Gasteiger charge is 2.32. The third-order valence-corrected chi connectivity index (χ3v) is 6.51. The van der Waals surface area contributed by atoms with Crippen LogP contribution in [0.1, 0.15) is 20.8 Å². The Morgan fingerprint density at radius 1 is 1.25 bits per heavy atom. The van der Waals surface area contributed by atoms with Crippen molar-refractivity contribution in [3.05, 3.63) is 0 Å². The van der Waals surface area contributed by atoms with Crippen molar-refractivity contribution in [2.24, 2.45) is 5.73 Å². The van der Waals surface area contributed by atoms with Gasteiger partial charge in [0.2, 0.25) is 10.0 Å². The lowest BCUT2D eigenvalue weighted by atomic mass is 10.2. The molecule has 0 heterocycles. The molecule has 0 saturated heterocycles. The van der Waals surface area contributed by atoms with E-state index in [-0.39, 0.29) is 13.1 Å². The molecule has 0 aliphatic carbocycles. The fourth-order valence-electron chi connectivity index (χ4n) is 0.674. The Morgan fingerprint density at radius 2 is 1.69 bits per heavy atom. The molecule has 0 bridgehead atoms. The summed E-state index contributed by atoms with van der Waals surface area (Å²) in [4.78, 5) is 0. The maximum atomic E-state index is 11.5. The van der Waals surface area contributed by atoms with Gasteiger partial charge in [-0.05, 0) is 20.8 Å². The summed E-state index contributed by atoms with van der Waals surface area (Å²) in [7, 11) is -6.86. The van der Waals surface area contributed by atoms with E-state index in [1.807, 2.05) is 0 Å². The number of nitrogens with two attached hydrogens (primary N) is 1. The molecule has 1 unspecified atom stereocenters. The van der Waals surface area contributed by atoms with Crippen molar-refractivity contribution in [3.8, 4) is 0 Å². The van der Waals surface area contributed by atoms with Crippen LogP contribution in [0, 0.1) is 0 Å². The van der Waals surface area contributed by atoms with Gasteiger partial charge in [0, 0.05) is 19.3 Å². The number of rotatable bonds is 6. The minimum absolute atomic E-state index is 0.00532. The second-order valence-corrected chi connectivity index (χ2v) is 9.28. The van der Waals surface area contributed by atoms with Crippen molar-refractivity contribution in [1.82, 2.24) is 4.72 Å². The number of hydrogen-bond donors (Lipinski definition) is 2. The lowest BCUT2D eigenvalue weighted by molar-refractivity contribution is 0.533. The highest BCUT2D eigenvalue weighted by atomic mass is 32.2. The Labute approximate surface area is 97.6 Å². The average molecular weight is 272 g/mol. The molecule has 3 N–H and O–H groups in total. The first kappa shape index (κ1) is 15.8. The first-order chi connectivity index (χ1) is 6.94. The van der Waals surface area contributed by atoms with Crippen LogP contribution < -0.4 is 10.5 Å². The van der Waals surface area contributed by atoms with Gasteiger partial charge in [-0.2, -0.15) is 0 Å². The van der Waals surface area contributed by atoms with E-state index >= 15 is 0 Å². The van der Waals surface area contributed by atoms with Crippen molar-refractivity contribution in [3.63, 3.8) is 0 Å². The largest absolute Gasteiger partial charge is 0.329 e. The third-order valence-electron chi connectivity index (χ3n) is 2.56. The van der Waals surface area contributed by atoms with Crippen molar-refractivity contribution < 1.29 is 16.8 Å². The summed E-state index contributed by atoms with van der Waals surface area (Å²) in [5.74, 6) is 0. The molecule has 0 aromatic heterocycles. The quantitative estimate of drug-likeness (QED) is 0.650. The Kier molecular flexibility index (Phi) is 4.93. The first-order valence-corrected chi connectivity index (χ1v) is 8.26. The third kappa shape index (κ3) is 4.00. The maximum absolute atomic E-state index is 11.5. The molecule has 6 nitrogen and oxygen atoms in total. The van der Waals surface area contributed by atoms with E-state index in [9.17, 15) is 16.8 Å². The minimum atomic E-state index is -3.54. The Hall–Kier alpha value is -0.180. The lowest BCUT2D eigenvalue weighted by Crippen LogP contribution is -2.47. The number of sulfone groups is 1. The smallest absolute Gasteiger partial charge is 0.215 e. The molecule has 0 spiro atoms. The van der Waals surface area contributed by atoms with Gasteiger partial charge in [-0.15, -0.1) is 0 Å². The van der Waals surface area contributed by atoms with Crippen molar-refractivity contribution in [2.45, 2.75) is 30.8 Å². The number of nitrogens with one attached hydrogen (secondary N) is 1. The molecule has 0 radical (unpaired) electrons. The normalized spacial score (nSPS) is 16.1. The monoisotopic (exact) mass is 272 g/mol. The highest BCUT2D eigenvalue weighted by molar-refractivity contribution is 7.92. The topological polar surface area (TPSA) is 106 Å². The molecular weight excluding hydrogens is 252 g/mol. The molecule has 0 aliphatic rings. The summed E-state index contributed by atoms with van der Waals surface area (Å²) < 4.78 is 46.9. The van der Waals surface area contributed by atoms with Gasteiger partial charge in [0.15, 0.2) is 9.84 Å². The van der Waals surface area contributed by atoms with E-state index in [0.29, 0.717) is 0 Å². The molecule has 98 valence electrons. The molecule has 1 atom stereocenters.